The van der Waals surface area contributed by atoms with E-state index >= 15 is 0 Å². The molecule has 0 aliphatic carbocycles. The maximum absolute atomic E-state index is 12.6. The highest BCUT2D eigenvalue weighted by atomic mass is 35.5. The first-order chi connectivity index (χ1) is 14.7. The van der Waals surface area contributed by atoms with Crippen molar-refractivity contribution in [2.75, 3.05) is 25.2 Å². The second kappa shape index (κ2) is 9.68. The molecule has 0 radical (unpaired) electrons. The van der Waals surface area contributed by atoms with Gasteiger partial charge in [0.05, 0.1) is 29.5 Å². The predicted octanol–water partition coefficient (Wildman–Crippen LogP) is 4.64. The zero-order chi connectivity index (χ0) is 22.6. The molecule has 2 amide bonds. The van der Waals surface area contributed by atoms with E-state index in [2.05, 4.69) is 5.32 Å². The molecule has 7 nitrogen and oxygen atoms in total. The van der Waals surface area contributed by atoms with Crippen molar-refractivity contribution < 1.29 is 24.1 Å². The molecule has 0 bridgehead atoms. The Labute approximate surface area is 191 Å². The number of rotatable bonds is 8. The molecule has 1 unspecified atom stereocenters. The lowest BCUT2D eigenvalue weighted by Crippen LogP contribution is -2.48. The van der Waals surface area contributed by atoms with E-state index in [1.165, 1.54) is 12.0 Å². The highest BCUT2D eigenvalue weighted by Gasteiger charge is 2.23. The average Bonchev–Trinajstić information content (AvgIpc) is 2.71. The summed E-state index contributed by atoms with van der Waals surface area (Å²) in [6.45, 7) is 3.62. The molecule has 0 saturated carbocycles. The number of carbonyl (C=O) groups excluding carboxylic acids is 1. The second-order valence-electron chi connectivity index (χ2n) is 7.59. The monoisotopic (exact) mass is 466 g/mol. The molecule has 9 heteroatoms. The lowest BCUT2D eigenvalue weighted by atomic mass is 10.1. The fourth-order valence-corrected chi connectivity index (χ4v) is 3.25. The number of carbonyl (C=O) groups is 1. The summed E-state index contributed by atoms with van der Waals surface area (Å²) in [4.78, 5) is 14.1. The number of aliphatic hydroxyl groups is 1. The topological polar surface area (TPSA) is 80.3 Å². The molecule has 1 aliphatic heterocycles. The number of methoxy groups -OCH3 is 1. The first-order valence-electron chi connectivity index (χ1n) is 9.55. The van der Waals surface area contributed by atoms with Gasteiger partial charge in [0, 0.05) is 17.3 Å². The van der Waals surface area contributed by atoms with Gasteiger partial charge in [0.15, 0.2) is 11.5 Å². The van der Waals surface area contributed by atoms with Gasteiger partial charge in [0.2, 0.25) is 0 Å². The van der Waals surface area contributed by atoms with Crippen LogP contribution < -0.4 is 24.4 Å². The number of halogens is 2. The molecule has 0 fully saturated rings. The number of benzene rings is 2. The SMILES string of the molecule is COc1cc(N2C=CC(COc3ccc(Cl)cc3Cl)NC2=O)ccc1OCC(C)(C)O. The molecule has 0 spiro atoms. The second-order valence-corrected chi connectivity index (χ2v) is 8.43. The minimum atomic E-state index is -0.980. The van der Waals surface area contributed by atoms with E-state index in [0.717, 1.165) is 0 Å². The van der Waals surface area contributed by atoms with Crippen LogP contribution in [0, 0.1) is 0 Å². The van der Waals surface area contributed by atoms with Crippen LogP contribution in [0.2, 0.25) is 10.0 Å². The largest absolute Gasteiger partial charge is 0.493 e. The summed E-state index contributed by atoms with van der Waals surface area (Å²) < 4.78 is 16.7. The van der Waals surface area contributed by atoms with Crippen LogP contribution >= 0.6 is 23.2 Å². The summed E-state index contributed by atoms with van der Waals surface area (Å²) in [5.41, 5.74) is -0.381. The fraction of sp³-hybridized carbons (Fsp3) is 0.318. The number of nitrogens with one attached hydrogen (secondary N) is 1. The highest BCUT2D eigenvalue weighted by molar-refractivity contribution is 6.35. The zero-order valence-electron chi connectivity index (χ0n) is 17.4. The van der Waals surface area contributed by atoms with E-state index in [9.17, 15) is 9.90 Å². The Kier molecular flexibility index (Phi) is 7.20. The molecule has 1 atom stereocenters. The first kappa shape index (κ1) is 23.1. The van der Waals surface area contributed by atoms with E-state index in [-0.39, 0.29) is 25.3 Å². The number of nitrogens with zero attached hydrogens (tertiary/aromatic N) is 1. The molecule has 0 aromatic heterocycles. The van der Waals surface area contributed by atoms with Gasteiger partial charge in [-0.15, -0.1) is 0 Å². The third-order valence-corrected chi connectivity index (χ3v) is 4.84. The summed E-state index contributed by atoms with van der Waals surface area (Å²) in [7, 11) is 1.51. The van der Waals surface area contributed by atoms with Crippen molar-refractivity contribution >= 4 is 34.9 Å². The van der Waals surface area contributed by atoms with Crippen molar-refractivity contribution in [3.05, 3.63) is 58.7 Å². The molecule has 3 rings (SSSR count). The van der Waals surface area contributed by atoms with E-state index in [0.29, 0.717) is 33.0 Å². The van der Waals surface area contributed by atoms with Gasteiger partial charge in [-0.25, -0.2) is 4.79 Å². The Hall–Kier alpha value is -2.61. The Bertz CT molecular complexity index is 975. The number of urea groups is 1. The number of hydrogen-bond donors (Lipinski definition) is 2. The molecule has 2 aromatic rings. The van der Waals surface area contributed by atoms with E-state index in [4.69, 9.17) is 37.4 Å². The van der Waals surface area contributed by atoms with Crippen molar-refractivity contribution in [3.63, 3.8) is 0 Å². The van der Waals surface area contributed by atoms with Gasteiger partial charge >= 0.3 is 6.03 Å². The molecule has 166 valence electrons. The number of amides is 2. The van der Waals surface area contributed by atoms with E-state index in [1.807, 2.05) is 6.08 Å². The minimum absolute atomic E-state index is 0.103. The van der Waals surface area contributed by atoms with Crippen LogP contribution in [-0.2, 0) is 0 Å². The zero-order valence-corrected chi connectivity index (χ0v) is 18.9. The Balaban J connectivity index is 1.66. The van der Waals surface area contributed by atoms with Gasteiger partial charge in [-0.05, 0) is 50.3 Å². The van der Waals surface area contributed by atoms with Gasteiger partial charge in [0.1, 0.15) is 19.0 Å². The van der Waals surface area contributed by atoms with Crippen LogP contribution in [0.4, 0.5) is 10.5 Å². The van der Waals surface area contributed by atoms with Crippen LogP contribution in [0.5, 0.6) is 17.2 Å². The van der Waals surface area contributed by atoms with Crippen LogP contribution in [0.15, 0.2) is 48.7 Å². The Morgan fingerprint density at radius 1 is 1.10 bits per heavy atom. The smallest absolute Gasteiger partial charge is 0.326 e. The maximum atomic E-state index is 12.6. The molecule has 1 aliphatic rings. The summed E-state index contributed by atoms with van der Waals surface area (Å²) in [6, 6.07) is 9.43. The average molecular weight is 467 g/mol. The summed E-state index contributed by atoms with van der Waals surface area (Å²) in [6.07, 6.45) is 3.48. The lowest BCUT2D eigenvalue weighted by Gasteiger charge is -2.28. The molecule has 1 heterocycles. The standard InChI is InChI=1S/C22H24Cl2N2O5/c1-22(2,28)13-31-19-7-5-16(11-20(19)29-3)26-9-8-15(25-21(26)27)12-30-18-6-4-14(23)10-17(18)24/h4-11,15,28H,12-13H2,1-3H3,(H,25,27). The van der Waals surface area contributed by atoms with Crippen molar-refractivity contribution in [3.8, 4) is 17.2 Å². The van der Waals surface area contributed by atoms with E-state index < -0.39 is 5.60 Å². The molecular weight excluding hydrogens is 443 g/mol. The fourth-order valence-electron chi connectivity index (χ4n) is 2.79. The highest BCUT2D eigenvalue weighted by Crippen LogP contribution is 2.33. The van der Waals surface area contributed by atoms with Crippen LogP contribution in [0.3, 0.4) is 0 Å². The van der Waals surface area contributed by atoms with Crippen LogP contribution in [-0.4, -0.2) is 43.1 Å². The van der Waals surface area contributed by atoms with Crippen LogP contribution in [0.25, 0.3) is 0 Å². The Morgan fingerprint density at radius 2 is 1.84 bits per heavy atom. The van der Waals surface area contributed by atoms with Crippen molar-refractivity contribution in [2.24, 2.45) is 0 Å². The molecule has 31 heavy (non-hydrogen) atoms. The molecule has 0 saturated heterocycles. The van der Waals surface area contributed by atoms with Crippen molar-refractivity contribution in [2.45, 2.75) is 25.5 Å². The van der Waals surface area contributed by atoms with Gasteiger partial charge in [-0.2, -0.15) is 0 Å². The third kappa shape index (κ3) is 6.19. The van der Waals surface area contributed by atoms with E-state index in [1.54, 1.807) is 56.4 Å². The Morgan fingerprint density at radius 3 is 2.48 bits per heavy atom. The summed E-state index contributed by atoms with van der Waals surface area (Å²) >= 11 is 12.0. The molecule has 2 aromatic carbocycles. The first-order valence-corrected chi connectivity index (χ1v) is 10.3. The lowest BCUT2D eigenvalue weighted by molar-refractivity contribution is 0.0276. The van der Waals surface area contributed by atoms with Gasteiger partial charge in [-0.3, -0.25) is 4.90 Å². The van der Waals surface area contributed by atoms with Gasteiger partial charge in [0.25, 0.3) is 0 Å². The van der Waals surface area contributed by atoms with Crippen molar-refractivity contribution in [1.82, 2.24) is 5.32 Å². The number of anilines is 1. The van der Waals surface area contributed by atoms with Crippen molar-refractivity contribution in [1.29, 1.82) is 0 Å². The minimum Gasteiger partial charge on any atom is -0.493 e. The van der Waals surface area contributed by atoms with Gasteiger partial charge < -0.3 is 24.6 Å². The maximum Gasteiger partial charge on any atom is 0.326 e. The van der Waals surface area contributed by atoms with Gasteiger partial charge in [-0.1, -0.05) is 23.2 Å². The predicted molar refractivity (Wildman–Crippen MR) is 121 cm³/mol. The summed E-state index contributed by atoms with van der Waals surface area (Å²) in [5, 5.41) is 13.6. The van der Waals surface area contributed by atoms with Crippen LogP contribution in [0.1, 0.15) is 13.8 Å². The summed E-state index contributed by atoms with van der Waals surface area (Å²) in [5.74, 6) is 1.41. The normalized spacial score (nSPS) is 16.1. The third-order valence-electron chi connectivity index (χ3n) is 4.31. The number of ether oxygens (including phenoxy) is 3. The quantitative estimate of drug-likeness (QED) is 0.591. The molecular formula is C22H24Cl2N2O5. The number of hydrogen-bond acceptors (Lipinski definition) is 5. The molecule has 2 N–H and O–H groups in total.